The van der Waals surface area contributed by atoms with E-state index in [1.54, 1.807) is 6.07 Å². The van der Waals surface area contributed by atoms with Crippen molar-refractivity contribution in [3.05, 3.63) is 29.7 Å². The first kappa shape index (κ1) is 22.1. The molecule has 1 aromatic heterocycles. The van der Waals surface area contributed by atoms with E-state index in [2.05, 4.69) is 23.9 Å². The van der Waals surface area contributed by atoms with Gasteiger partial charge in [0.25, 0.3) is 0 Å². The Labute approximate surface area is 167 Å². The zero-order chi connectivity index (χ0) is 18.6. The topological polar surface area (TPSA) is 49.5 Å². The Bertz CT molecular complexity index is 707. The van der Waals surface area contributed by atoms with Gasteiger partial charge in [0, 0.05) is 23.9 Å². The maximum absolute atomic E-state index is 13.3. The van der Waals surface area contributed by atoms with E-state index in [-0.39, 0.29) is 18.2 Å². The molecule has 2 heterocycles. The van der Waals surface area contributed by atoms with Gasteiger partial charge < -0.3 is 14.5 Å². The third-order valence-electron chi connectivity index (χ3n) is 5.76. The third-order valence-corrected chi connectivity index (χ3v) is 5.76. The Morgan fingerprint density at radius 3 is 2.48 bits per heavy atom. The molecule has 1 aliphatic heterocycles. The van der Waals surface area contributed by atoms with Crippen LogP contribution in [-0.2, 0) is 0 Å². The van der Waals surface area contributed by atoms with Gasteiger partial charge >= 0.3 is 0 Å². The van der Waals surface area contributed by atoms with Gasteiger partial charge in [-0.25, -0.2) is 4.39 Å². The molecule has 1 aromatic carbocycles. The number of hydrogen-bond donors (Lipinski definition) is 1. The van der Waals surface area contributed by atoms with Crippen LogP contribution in [0.1, 0.15) is 70.4 Å². The fourth-order valence-electron chi connectivity index (χ4n) is 4.33. The number of piperidine rings is 1. The number of halogens is 2. The van der Waals surface area contributed by atoms with Crippen LogP contribution in [0.3, 0.4) is 0 Å². The second kappa shape index (κ2) is 9.85. The zero-order valence-corrected chi connectivity index (χ0v) is 17.2. The van der Waals surface area contributed by atoms with Crippen LogP contribution >= 0.6 is 12.4 Å². The van der Waals surface area contributed by atoms with E-state index < -0.39 is 5.60 Å². The first-order valence-electron chi connectivity index (χ1n) is 10.0. The molecule has 0 aliphatic carbocycles. The van der Waals surface area contributed by atoms with Crippen LogP contribution in [0.2, 0.25) is 0 Å². The maximum Gasteiger partial charge on any atom is 0.170 e. The normalized spacial score (nSPS) is 16.6. The minimum absolute atomic E-state index is 0. The summed E-state index contributed by atoms with van der Waals surface area (Å²) in [5, 5.41) is 16.0. The van der Waals surface area contributed by atoms with Gasteiger partial charge in [0.2, 0.25) is 0 Å². The Balaban J connectivity index is 0.00000261. The number of likely N-dealkylation sites (tertiary alicyclic amines) is 1. The van der Waals surface area contributed by atoms with E-state index in [4.69, 9.17) is 4.52 Å². The first-order chi connectivity index (χ1) is 12.5. The maximum atomic E-state index is 13.3. The van der Waals surface area contributed by atoms with Crippen molar-refractivity contribution in [2.75, 3.05) is 19.6 Å². The molecule has 1 aliphatic rings. The molecule has 0 amide bonds. The van der Waals surface area contributed by atoms with E-state index in [1.165, 1.54) is 12.1 Å². The average molecular weight is 399 g/mol. The minimum Gasteiger partial charge on any atom is -0.390 e. The Hall–Kier alpha value is -1.17. The lowest BCUT2D eigenvalue weighted by molar-refractivity contribution is 0.00209. The van der Waals surface area contributed by atoms with Crippen molar-refractivity contribution in [1.82, 2.24) is 10.1 Å². The predicted octanol–water partition coefficient (Wildman–Crippen LogP) is 5.29. The SMILES string of the molecule is CCCC(O)(CCC)CCN1CCC(c2noc3cc(F)ccc23)CC1.Cl. The van der Waals surface area contributed by atoms with Gasteiger partial charge in [-0.05, 0) is 57.3 Å². The summed E-state index contributed by atoms with van der Waals surface area (Å²) in [4.78, 5) is 2.45. The molecule has 152 valence electrons. The number of hydrogen-bond acceptors (Lipinski definition) is 4. The molecule has 4 nitrogen and oxygen atoms in total. The van der Waals surface area contributed by atoms with E-state index in [1.807, 2.05) is 0 Å². The van der Waals surface area contributed by atoms with Crippen molar-refractivity contribution in [2.45, 2.75) is 70.3 Å². The van der Waals surface area contributed by atoms with Crippen LogP contribution in [0.25, 0.3) is 11.0 Å². The molecule has 2 aromatic rings. The molecule has 1 saturated heterocycles. The average Bonchev–Trinajstić information content (AvgIpc) is 3.04. The van der Waals surface area contributed by atoms with Crippen molar-refractivity contribution >= 4 is 23.4 Å². The summed E-state index contributed by atoms with van der Waals surface area (Å²) in [5.74, 6) is 0.0739. The molecule has 0 radical (unpaired) electrons. The number of aromatic nitrogens is 1. The Morgan fingerprint density at radius 2 is 1.85 bits per heavy atom. The van der Waals surface area contributed by atoms with Crippen molar-refractivity contribution in [2.24, 2.45) is 0 Å². The molecule has 0 bridgehead atoms. The van der Waals surface area contributed by atoms with Crippen molar-refractivity contribution in [3.63, 3.8) is 0 Å². The highest BCUT2D eigenvalue weighted by atomic mass is 35.5. The highest BCUT2D eigenvalue weighted by Gasteiger charge is 2.28. The number of aliphatic hydroxyl groups is 1. The summed E-state index contributed by atoms with van der Waals surface area (Å²) < 4.78 is 18.6. The lowest BCUT2D eigenvalue weighted by atomic mass is 9.88. The Kier molecular flexibility index (Phi) is 8.07. The van der Waals surface area contributed by atoms with Crippen LogP contribution in [0, 0.1) is 5.82 Å². The smallest absolute Gasteiger partial charge is 0.170 e. The van der Waals surface area contributed by atoms with Crippen LogP contribution in [0.4, 0.5) is 4.39 Å². The molecule has 1 N–H and O–H groups in total. The number of rotatable bonds is 8. The summed E-state index contributed by atoms with van der Waals surface area (Å²) >= 11 is 0. The van der Waals surface area contributed by atoms with Gasteiger partial charge in [0.15, 0.2) is 5.58 Å². The molecule has 3 rings (SSSR count). The highest BCUT2D eigenvalue weighted by molar-refractivity contribution is 5.85. The molecular weight excluding hydrogens is 367 g/mol. The summed E-state index contributed by atoms with van der Waals surface area (Å²) in [6.07, 6.45) is 6.73. The molecule has 27 heavy (non-hydrogen) atoms. The van der Waals surface area contributed by atoms with Crippen LogP contribution < -0.4 is 0 Å². The Morgan fingerprint density at radius 1 is 1.19 bits per heavy atom. The first-order valence-corrected chi connectivity index (χ1v) is 10.0. The van der Waals surface area contributed by atoms with E-state index in [0.29, 0.717) is 11.5 Å². The molecule has 0 saturated carbocycles. The van der Waals surface area contributed by atoms with Crippen LogP contribution in [0.5, 0.6) is 0 Å². The van der Waals surface area contributed by atoms with Gasteiger partial charge in [-0.2, -0.15) is 0 Å². The second-order valence-corrected chi connectivity index (χ2v) is 7.80. The standard InChI is InChI=1S/C21H31FN2O2.ClH/c1-3-9-21(25,10-4-2)11-14-24-12-7-16(8-13-24)20-18-6-5-17(22)15-19(18)26-23-20;/h5-6,15-16,25H,3-4,7-14H2,1-2H3;1H. The summed E-state index contributed by atoms with van der Waals surface area (Å²) in [7, 11) is 0. The fraction of sp³-hybridized carbons (Fsp3) is 0.667. The van der Waals surface area contributed by atoms with E-state index in [9.17, 15) is 9.50 Å². The van der Waals surface area contributed by atoms with Gasteiger partial charge in [-0.3, -0.25) is 0 Å². The van der Waals surface area contributed by atoms with Gasteiger partial charge in [-0.1, -0.05) is 31.8 Å². The van der Waals surface area contributed by atoms with Crippen molar-refractivity contribution in [1.29, 1.82) is 0 Å². The fourth-order valence-corrected chi connectivity index (χ4v) is 4.33. The molecule has 1 fully saturated rings. The molecule has 0 spiro atoms. The summed E-state index contributed by atoms with van der Waals surface area (Å²) in [6, 6.07) is 4.65. The molecule has 0 atom stereocenters. The minimum atomic E-state index is -0.507. The van der Waals surface area contributed by atoms with Gasteiger partial charge in [-0.15, -0.1) is 12.4 Å². The molecule has 0 unspecified atom stereocenters. The van der Waals surface area contributed by atoms with Gasteiger partial charge in [0.1, 0.15) is 5.82 Å². The number of fused-ring (bicyclic) bond motifs is 1. The molecule has 6 heteroatoms. The quantitative estimate of drug-likeness (QED) is 0.656. The predicted molar refractivity (Wildman–Crippen MR) is 109 cm³/mol. The monoisotopic (exact) mass is 398 g/mol. The summed E-state index contributed by atoms with van der Waals surface area (Å²) in [5.41, 5.74) is 0.993. The lowest BCUT2D eigenvalue weighted by Crippen LogP contribution is -2.38. The van der Waals surface area contributed by atoms with Crippen LogP contribution in [-0.4, -0.2) is 40.4 Å². The van der Waals surface area contributed by atoms with E-state index in [0.717, 1.165) is 75.7 Å². The highest BCUT2D eigenvalue weighted by Crippen LogP contribution is 2.33. The largest absolute Gasteiger partial charge is 0.390 e. The van der Waals surface area contributed by atoms with Crippen LogP contribution in [0.15, 0.2) is 22.7 Å². The lowest BCUT2D eigenvalue weighted by Gasteiger charge is -2.35. The zero-order valence-electron chi connectivity index (χ0n) is 16.4. The second-order valence-electron chi connectivity index (χ2n) is 7.80. The molecular formula is C21H32ClFN2O2. The third kappa shape index (κ3) is 5.43. The van der Waals surface area contributed by atoms with E-state index >= 15 is 0 Å². The van der Waals surface area contributed by atoms with Crippen molar-refractivity contribution < 1.29 is 14.0 Å². The number of nitrogens with zero attached hydrogens (tertiary/aromatic N) is 2. The summed E-state index contributed by atoms with van der Waals surface area (Å²) in [6.45, 7) is 7.25. The number of benzene rings is 1. The van der Waals surface area contributed by atoms with Crippen molar-refractivity contribution in [3.8, 4) is 0 Å². The van der Waals surface area contributed by atoms with Gasteiger partial charge in [0.05, 0.1) is 11.3 Å².